The fourth-order valence-electron chi connectivity index (χ4n) is 2.81. The largest absolute Gasteiger partial charge is 0.452 e. The van der Waals surface area contributed by atoms with Crippen LogP contribution in [-0.2, 0) is 10.0 Å². The minimum absolute atomic E-state index is 0. The molecule has 2 fully saturated rings. The highest BCUT2D eigenvalue weighted by atomic mass is 35.5. The zero-order valence-electron chi connectivity index (χ0n) is 11.2. The lowest BCUT2D eigenvalue weighted by Crippen LogP contribution is -2.49. The molecule has 3 heterocycles. The SMILES string of the molecule is Cl.O=S(=O)(c1ccco1)N1CCC(N2CCNCC2)C1. The first-order valence-corrected chi connectivity index (χ1v) is 8.10. The van der Waals surface area contributed by atoms with Gasteiger partial charge in [-0.25, -0.2) is 8.42 Å². The lowest BCUT2D eigenvalue weighted by atomic mass is 10.2. The Morgan fingerprint density at radius 3 is 2.65 bits per heavy atom. The van der Waals surface area contributed by atoms with Crippen molar-refractivity contribution in [2.24, 2.45) is 0 Å². The van der Waals surface area contributed by atoms with Gasteiger partial charge in [-0.2, -0.15) is 4.31 Å². The van der Waals surface area contributed by atoms with Crippen LogP contribution in [0.3, 0.4) is 0 Å². The van der Waals surface area contributed by atoms with Gasteiger partial charge in [-0.3, -0.25) is 4.90 Å². The van der Waals surface area contributed by atoms with Crippen molar-refractivity contribution in [1.82, 2.24) is 14.5 Å². The number of nitrogens with one attached hydrogen (secondary N) is 1. The molecule has 0 radical (unpaired) electrons. The third-order valence-corrected chi connectivity index (χ3v) is 5.64. The minimum atomic E-state index is -3.44. The monoisotopic (exact) mass is 321 g/mol. The Bertz CT molecular complexity index is 514. The molecule has 114 valence electrons. The molecule has 2 aliphatic rings. The molecule has 0 spiro atoms. The van der Waals surface area contributed by atoms with Gasteiger partial charge in [-0.15, -0.1) is 12.4 Å². The van der Waals surface area contributed by atoms with Crippen LogP contribution in [0.15, 0.2) is 27.9 Å². The van der Waals surface area contributed by atoms with E-state index >= 15 is 0 Å². The van der Waals surface area contributed by atoms with Crippen molar-refractivity contribution in [3.63, 3.8) is 0 Å². The molecule has 0 aliphatic carbocycles. The fourth-order valence-corrected chi connectivity index (χ4v) is 4.21. The fraction of sp³-hybridized carbons (Fsp3) is 0.667. The van der Waals surface area contributed by atoms with Crippen molar-refractivity contribution in [2.75, 3.05) is 39.3 Å². The van der Waals surface area contributed by atoms with E-state index in [1.807, 2.05) is 0 Å². The summed E-state index contributed by atoms with van der Waals surface area (Å²) in [4.78, 5) is 2.38. The number of hydrogen-bond acceptors (Lipinski definition) is 5. The molecule has 1 N–H and O–H groups in total. The van der Waals surface area contributed by atoms with Gasteiger partial charge in [0.15, 0.2) is 0 Å². The van der Waals surface area contributed by atoms with Crippen LogP contribution in [0, 0.1) is 0 Å². The van der Waals surface area contributed by atoms with Crippen molar-refractivity contribution < 1.29 is 12.8 Å². The summed E-state index contributed by atoms with van der Waals surface area (Å²) in [5.41, 5.74) is 0. The number of nitrogens with zero attached hydrogens (tertiary/aromatic N) is 2. The van der Waals surface area contributed by atoms with Gasteiger partial charge in [-0.05, 0) is 18.6 Å². The molecule has 1 atom stereocenters. The van der Waals surface area contributed by atoms with E-state index in [9.17, 15) is 8.42 Å². The summed E-state index contributed by atoms with van der Waals surface area (Å²) in [5, 5.41) is 3.36. The summed E-state index contributed by atoms with van der Waals surface area (Å²) < 4.78 is 31.2. The van der Waals surface area contributed by atoms with Crippen molar-refractivity contribution in [3.05, 3.63) is 18.4 Å². The summed E-state index contributed by atoms with van der Waals surface area (Å²) >= 11 is 0. The van der Waals surface area contributed by atoms with Crippen molar-refractivity contribution in [2.45, 2.75) is 17.6 Å². The molecule has 8 heteroatoms. The minimum Gasteiger partial charge on any atom is -0.452 e. The van der Waals surface area contributed by atoms with Gasteiger partial charge in [0, 0.05) is 45.3 Å². The normalized spacial score (nSPS) is 25.5. The molecular weight excluding hydrogens is 302 g/mol. The summed E-state index contributed by atoms with van der Waals surface area (Å²) in [6.45, 7) is 5.13. The third-order valence-electron chi connectivity index (χ3n) is 3.88. The Balaban J connectivity index is 0.00000147. The highest BCUT2D eigenvalue weighted by molar-refractivity contribution is 7.89. The first-order chi connectivity index (χ1) is 9.18. The van der Waals surface area contributed by atoms with E-state index in [0.717, 1.165) is 32.6 Å². The van der Waals surface area contributed by atoms with Crippen LogP contribution in [0.5, 0.6) is 0 Å². The van der Waals surface area contributed by atoms with E-state index in [2.05, 4.69) is 10.2 Å². The lowest BCUT2D eigenvalue weighted by Gasteiger charge is -2.32. The third kappa shape index (κ3) is 3.01. The van der Waals surface area contributed by atoms with Crippen molar-refractivity contribution in [1.29, 1.82) is 0 Å². The van der Waals surface area contributed by atoms with Gasteiger partial charge in [0.1, 0.15) is 0 Å². The molecule has 0 amide bonds. The van der Waals surface area contributed by atoms with E-state index in [1.165, 1.54) is 12.3 Å². The molecule has 2 saturated heterocycles. The number of halogens is 1. The first kappa shape index (κ1) is 15.8. The first-order valence-electron chi connectivity index (χ1n) is 6.66. The molecule has 2 aliphatic heterocycles. The van der Waals surface area contributed by atoms with E-state index in [-0.39, 0.29) is 17.5 Å². The van der Waals surface area contributed by atoms with Crippen LogP contribution >= 0.6 is 12.4 Å². The van der Waals surface area contributed by atoms with Crippen LogP contribution in [0.1, 0.15) is 6.42 Å². The maximum Gasteiger partial charge on any atom is 0.276 e. The smallest absolute Gasteiger partial charge is 0.276 e. The maximum atomic E-state index is 12.3. The second-order valence-corrected chi connectivity index (χ2v) is 6.89. The van der Waals surface area contributed by atoms with Crippen molar-refractivity contribution >= 4 is 22.4 Å². The zero-order valence-corrected chi connectivity index (χ0v) is 12.8. The van der Waals surface area contributed by atoms with Crippen LogP contribution in [0.4, 0.5) is 0 Å². The van der Waals surface area contributed by atoms with E-state index in [1.54, 1.807) is 10.4 Å². The lowest BCUT2D eigenvalue weighted by molar-refractivity contribution is 0.179. The molecule has 6 nitrogen and oxygen atoms in total. The van der Waals surface area contributed by atoms with Crippen LogP contribution in [0.25, 0.3) is 0 Å². The van der Waals surface area contributed by atoms with Crippen molar-refractivity contribution in [3.8, 4) is 0 Å². The molecule has 1 aromatic rings. The Kier molecular flexibility index (Phi) is 5.09. The zero-order chi connectivity index (χ0) is 13.3. The standard InChI is InChI=1S/C12H19N3O3S.ClH/c16-19(17,12-2-1-9-18-12)15-6-3-11(10-15)14-7-4-13-5-8-14;/h1-2,9,11,13H,3-8,10H2;1H. The average molecular weight is 322 g/mol. The van der Waals surface area contributed by atoms with E-state index in [4.69, 9.17) is 4.42 Å². The number of hydrogen-bond donors (Lipinski definition) is 1. The second-order valence-electron chi connectivity index (χ2n) is 5.02. The Morgan fingerprint density at radius 2 is 2.00 bits per heavy atom. The van der Waals surface area contributed by atoms with Gasteiger partial charge in [0.2, 0.25) is 5.09 Å². The Hall–Kier alpha value is -0.600. The number of sulfonamides is 1. The van der Waals surface area contributed by atoms with E-state index in [0.29, 0.717) is 19.1 Å². The Labute approximate surface area is 125 Å². The molecule has 1 unspecified atom stereocenters. The summed E-state index contributed by atoms with van der Waals surface area (Å²) in [6.07, 6.45) is 2.30. The predicted octanol–water partition coefficient (Wildman–Crippen LogP) is 0.370. The molecule has 0 saturated carbocycles. The van der Waals surface area contributed by atoms with Gasteiger partial charge in [0.05, 0.1) is 6.26 Å². The molecular formula is C12H20ClN3O3S. The highest BCUT2D eigenvalue weighted by Gasteiger charge is 2.36. The summed E-state index contributed by atoms with van der Waals surface area (Å²) in [6, 6.07) is 3.45. The van der Waals surface area contributed by atoms with Gasteiger partial charge in [-0.1, -0.05) is 0 Å². The number of rotatable bonds is 3. The number of piperazine rings is 1. The molecule has 1 aromatic heterocycles. The topological polar surface area (TPSA) is 65.8 Å². The van der Waals surface area contributed by atoms with Gasteiger partial charge >= 0.3 is 0 Å². The van der Waals surface area contributed by atoms with Gasteiger partial charge < -0.3 is 9.73 Å². The van der Waals surface area contributed by atoms with E-state index < -0.39 is 10.0 Å². The molecule has 20 heavy (non-hydrogen) atoms. The summed E-state index contributed by atoms with van der Waals surface area (Å²) in [7, 11) is -3.44. The molecule has 0 aromatic carbocycles. The van der Waals surface area contributed by atoms with Crippen LogP contribution < -0.4 is 5.32 Å². The van der Waals surface area contributed by atoms with Crippen LogP contribution in [0.2, 0.25) is 0 Å². The number of furan rings is 1. The molecule has 0 bridgehead atoms. The Morgan fingerprint density at radius 1 is 1.25 bits per heavy atom. The van der Waals surface area contributed by atoms with Gasteiger partial charge in [0.25, 0.3) is 10.0 Å². The average Bonchev–Trinajstić information content (AvgIpc) is 3.12. The highest BCUT2D eigenvalue weighted by Crippen LogP contribution is 2.23. The quantitative estimate of drug-likeness (QED) is 0.871. The molecule has 3 rings (SSSR count). The maximum absolute atomic E-state index is 12.3. The summed E-state index contributed by atoms with van der Waals surface area (Å²) in [5.74, 6) is 0. The second kappa shape index (κ2) is 6.44. The predicted molar refractivity (Wildman–Crippen MR) is 77.6 cm³/mol. The van der Waals surface area contributed by atoms with Crippen LogP contribution in [-0.4, -0.2) is 62.9 Å².